The molecule has 0 aliphatic heterocycles. The Balaban J connectivity index is 0. The number of hydrogen-bond acceptors (Lipinski definition) is 7. The molecule has 1 aromatic rings. The fraction of sp³-hybridized carbons (Fsp3) is 0.571. The van der Waals surface area contributed by atoms with Gasteiger partial charge in [0.1, 0.15) is 3.14 Å². The minimum atomic E-state index is 0. The van der Waals surface area contributed by atoms with Gasteiger partial charge in [-0.3, -0.25) is 0 Å². The zero-order valence-corrected chi connectivity index (χ0v) is 15.8. The van der Waals surface area contributed by atoms with Crippen molar-refractivity contribution < 1.29 is 0 Å². The zero-order chi connectivity index (χ0) is 10.4. The minimum Gasteiger partial charge on any atom is -0.330 e. The molecule has 0 saturated heterocycles. The fourth-order valence-electron chi connectivity index (χ4n) is 0.736. The molecule has 0 saturated carbocycles. The molecule has 4 N–H and O–H groups in total. The van der Waals surface area contributed by atoms with E-state index in [4.69, 9.17) is 23.7 Å². The van der Waals surface area contributed by atoms with Gasteiger partial charge in [0.15, 0.2) is 0 Å². The predicted molar refractivity (Wildman–Crippen MR) is 93.2 cm³/mol. The lowest BCUT2D eigenvalue weighted by Crippen LogP contribution is -2.01. The van der Waals surface area contributed by atoms with Crippen LogP contribution in [0.5, 0.6) is 0 Å². The first-order valence-electron chi connectivity index (χ1n) is 4.07. The van der Waals surface area contributed by atoms with Crippen molar-refractivity contribution in [3.05, 3.63) is 3.14 Å². The Bertz CT molecular complexity index is 298. The summed E-state index contributed by atoms with van der Waals surface area (Å²) in [6.45, 7) is 1.42. The summed E-state index contributed by atoms with van der Waals surface area (Å²) in [5.41, 5.74) is 10.9. The van der Waals surface area contributed by atoms with E-state index in [1.165, 1.54) is 8.42 Å². The third-order valence-corrected chi connectivity index (χ3v) is 6.87. The molecular formula is C7H14Br2N2S5. The second-order valence-electron chi connectivity index (χ2n) is 2.30. The molecule has 0 spiro atoms. The zero-order valence-electron chi connectivity index (χ0n) is 8.34. The van der Waals surface area contributed by atoms with Crippen LogP contribution in [0.4, 0.5) is 0 Å². The van der Waals surface area contributed by atoms with Crippen LogP contribution in [0.2, 0.25) is 0 Å². The quantitative estimate of drug-likeness (QED) is 0.515. The molecule has 0 fully saturated rings. The largest absolute Gasteiger partial charge is 0.330 e. The van der Waals surface area contributed by atoms with E-state index in [1.54, 1.807) is 46.2 Å². The van der Waals surface area contributed by atoms with Crippen LogP contribution in [0.3, 0.4) is 0 Å². The molecule has 0 bridgehead atoms. The van der Waals surface area contributed by atoms with E-state index in [-0.39, 0.29) is 34.0 Å². The maximum atomic E-state index is 5.47. The lowest BCUT2D eigenvalue weighted by atomic mass is 10.8. The van der Waals surface area contributed by atoms with Gasteiger partial charge in [-0.05, 0) is 0 Å². The Morgan fingerprint density at radius 2 is 1.31 bits per heavy atom. The van der Waals surface area contributed by atoms with Gasteiger partial charge in [0.05, 0.1) is 8.42 Å². The molecular weight excluding hydrogens is 432 g/mol. The van der Waals surface area contributed by atoms with Crippen LogP contribution in [0.15, 0.2) is 8.42 Å². The minimum absolute atomic E-state index is 0. The molecule has 0 radical (unpaired) electrons. The number of rotatable bonds is 6. The second kappa shape index (κ2) is 11.9. The highest BCUT2D eigenvalue weighted by atomic mass is 79.9. The van der Waals surface area contributed by atoms with Gasteiger partial charge in [-0.15, -0.1) is 80.2 Å². The fourth-order valence-corrected chi connectivity index (χ4v) is 6.53. The molecule has 96 valence electrons. The molecule has 0 atom stereocenters. The van der Waals surface area contributed by atoms with Gasteiger partial charge in [0.25, 0.3) is 0 Å². The van der Waals surface area contributed by atoms with Crippen LogP contribution in [0, 0.1) is 3.14 Å². The summed E-state index contributed by atoms with van der Waals surface area (Å²) in [6.07, 6.45) is 0. The molecule has 16 heavy (non-hydrogen) atoms. The number of thioether (sulfide) groups is 2. The number of hydrogen-bond donors (Lipinski definition) is 2. The first-order valence-corrected chi connectivity index (χ1v) is 8.09. The van der Waals surface area contributed by atoms with E-state index < -0.39 is 0 Å². The summed E-state index contributed by atoms with van der Waals surface area (Å²) >= 11 is 12.1. The molecule has 0 unspecified atom stereocenters. The summed E-state index contributed by atoms with van der Waals surface area (Å²) in [4.78, 5) is 0. The highest BCUT2D eigenvalue weighted by molar-refractivity contribution is 8.93. The summed E-state index contributed by atoms with van der Waals surface area (Å²) in [5, 5.41) is 0. The Hall–Kier alpha value is 1.85. The van der Waals surface area contributed by atoms with Gasteiger partial charge in [-0.1, -0.05) is 12.2 Å². The van der Waals surface area contributed by atoms with Gasteiger partial charge in [0.2, 0.25) is 0 Å². The van der Waals surface area contributed by atoms with Crippen LogP contribution in [-0.2, 0) is 0 Å². The van der Waals surface area contributed by atoms with Gasteiger partial charge < -0.3 is 11.5 Å². The molecule has 0 aromatic carbocycles. The highest BCUT2D eigenvalue weighted by Gasteiger charge is 2.07. The average molecular weight is 446 g/mol. The molecule has 0 amide bonds. The molecule has 9 heteroatoms. The van der Waals surface area contributed by atoms with E-state index in [2.05, 4.69) is 0 Å². The standard InChI is InChI=1S/C7H12N2S5.2BrH/c8-1-3-11-5-6(12-4-2-9)14-7(10)13-5;;/h1-4,8-9H2;2*1H. The van der Waals surface area contributed by atoms with E-state index in [0.717, 1.165) is 14.6 Å². The topological polar surface area (TPSA) is 52.0 Å². The second-order valence-corrected chi connectivity index (χ2v) is 8.26. The van der Waals surface area contributed by atoms with Crippen molar-refractivity contribution >= 4 is 92.4 Å². The van der Waals surface area contributed by atoms with Crippen LogP contribution in [0.25, 0.3) is 0 Å². The molecule has 1 rings (SSSR count). The van der Waals surface area contributed by atoms with Crippen molar-refractivity contribution in [3.8, 4) is 0 Å². The molecule has 1 heterocycles. The predicted octanol–water partition coefficient (Wildman–Crippen LogP) is 3.80. The third kappa shape index (κ3) is 7.32. The average Bonchev–Trinajstić information content (AvgIpc) is 2.52. The lowest BCUT2D eigenvalue weighted by molar-refractivity contribution is 1.14. The Labute approximate surface area is 138 Å². The maximum Gasteiger partial charge on any atom is 0.145 e. The SMILES string of the molecule is Br.Br.NCCSc1sc(=S)sc1SCCN. The van der Waals surface area contributed by atoms with Crippen LogP contribution < -0.4 is 11.5 Å². The Morgan fingerprint density at radius 1 is 0.938 bits per heavy atom. The summed E-state index contributed by atoms with van der Waals surface area (Å²) in [5.74, 6) is 1.91. The summed E-state index contributed by atoms with van der Waals surface area (Å²) in [7, 11) is 0. The van der Waals surface area contributed by atoms with E-state index in [1.807, 2.05) is 0 Å². The maximum absolute atomic E-state index is 5.47. The number of halogens is 2. The first kappa shape index (κ1) is 20.2. The van der Waals surface area contributed by atoms with E-state index >= 15 is 0 Å². The van der Waals surface area contributed by atoms with Gasteiger partial charge in [-0.25, -0.2) is 0 Å². The number of nitrogens with two attached hydrogens (primary N) is 2. The van der Waals surface area contributed by atoms with Crippen LogP contribution >= 0.6 is 92.4 Å². The molecule has 1 aromatic heterocycles. The smallest absolute Gasteiger partial charge is 0.145 e. The van der Waals surface area contributed by atoms with Crippen molar-refractivity contribution in [2.45, 2.75) is 8.42 Å². The molecule has 2 nitrogen and oxygen atoms in total. The van der Waals surface area contributed by atoms with Crippen LogP contribution in [0.1, 0.15) is 0 Å². The van der Waals surface area contributed by atoms with Gasteiger partial charge in [-0.2, -0.15) is 0 Å². The highest BCUT2D eigenvalue weighted by Crippen LogP contribution is 2.40. The third-order valence-electron chi connectivity index (χ3n) is 1.22. The Morgan fingerprint density at radius 3 is 1.62 bits per heavy atom. The van der Waals surface area contributed by atoms with Crippen LogP contribution in [-0.4, -0.2) is 24.6 Å². The monoisotopic (exact) mass is 444 g/mol. The lowest BCUT2D eigenvalue weighted by Gasteiger charge is -1.99. The molecule has 0 aliphatic rings. The normalized spacial score (nSPS) is 9.38. The van der Waals surface area contributed by atoms with E-state index in [0.29, 0.717) is 13.1 Å². The first-order chi connectivity index (χ1) is 6.77. The van der Waals surface area contributed by atoms with Crippen molar-refractivity contribution in [1.82, 2.24) is 0 Å². The Kier molecular flexibility index (Phi) is 15.0. The van der Waals surface area contributed by atoms with Gasteiger partial charge in [0, 0.05) is 24.6 Å². The van der Waals surface area contributed by atoms with E-state index in [9.17, 15) is 0 Å². The molecule has 0 aliphatic carbocycles. The summed E-state index contributed by atoms with van der Waals surface area (Å²) < 4.78 is 3.61. The van der Waals surface area contributed by atoms with Crippen molar-refractivity contribution in [2.75, 3.05) is 24.6 Å². The van der Waals surface area contributed by atoms with Crippen molar-refractivity contribution in [1.29, 1.82) is 0 Å². The van der Waals surface area contributed by atoms with Gasteiger partial charge >= 0.3 is 0 Å². The summed E-state index contributed by atoms with van der Waals surface area (Å²) in [6, 6.07) is 0. The van der Waals surface area contributed by atoms with Crippen molar-refractivity contribution in [3.63, 3.8) is 0 Å². The van der Waals surface area contributed by atoms with Crippen molar-refractivity contribution in [2.24, 2.45) is 11.5 Å².